The summed E-state index contributed by atoms with van der Waals surface area (Å²) in [6, 6.07) is 5.38. The predicted octanol–water partition coefficient (Wildman–Crippen LogP) is 1.23. The minimum atomic E-state index is -3.31. The number of nitrogens with one attached hydrogen (secondary N) is 2. The summed E-state index contributed by atoms with van der Waals surface area (Å²) in [5, 5.41) is 6.55. The van der Waals surface area contributed by atoms with Crippen molar-refractivity contribution >= 4 is 15.7 Å². The van der Waals surface area contributed by atoms with Gasteiger partial charge < -0.3 is 0 Å². The number of aromatic nitrogens is 3. The third kappa shape index (κ3) is 2.62. The second-order valence-electron chi connectivity index (χ2n) is 3.38. The van der Waals surface area contributed by atoms with Gasteiger partial charge in [-0.2, -0.15) is 5.10 Å². The van der Waals surface area contributed by atoms with Crippen molar-refractivity contribution in [2.75, 3.05) is 10.5 Å². The summed E-state index contributed by atoms with van der Waals surface area (Å²) >= 11 is 0. The lowest BCUT2D eigenvalue weighted by molar-refractivity contribution is 0.602. The third-order valence-electron chi connectivity index (χ3n) is 2.21. The first kappa shape index (κ1) is 11.6. The summed E-state index contributed by atoms with van der Waals surface area (Å²) in [7, 11) is -3.31. The van der Waals surface area contributed by atoms with E-state index in [9.17, 15) is 8.42 Å². The maximum Gasteiger partial charge on any atom is 0.232 e. The van der Waals surface area contributed by atoms with E-state index in [2.05, 4.69) is 19.9 Å². The SMILES string of the molecule is CCS(=O)(=O)Nc1cn[nH]c1-c1ccccn1. The van der Waals surface area contributed by atoms with Gasteiger partial charge in [-0.25, -0.2) is 8.42 Å². The zero-order valence-electron chi connectivity index (χ0n) is 9.21. The van der Waals surface area contributed by atoms with Gasteiger partial charge >= 0.3 is 0 Å². The van der Waals surface area contributed by atoms with Crippen LogP contribution in [0.4, 0.5) is 5.69 Å². The van der Waals surface area contributed by atoms with E-state index in [0.717, 1.165) is 0 Å². The van der Waals surface area contributed by atoms with Gasteiger partial charge in [-0.1, -0.05) is 6.07 Å². The lowest BCUT2D eigenvalue weighted by Crippen LogP contribution is -2.14. The summed E-state index contributed by atoms with van der Waals surface area (Å²) in [6.07, 6.45) is 3.06. The molecule has 17 heavy (non-hydrogen) atoms. The van der Waals surface area contributed by atoms with Crippen LogP contribution in [0.3, 0.4) is 0 Å². The molecule has 0 saturated heterocycles. The first-order valence-electron chi connectivity index (χ1n) is 5.07. The Morgan fingerprint density at radius 2 is 2.24 bits per heavy atom. The van der Waals surface area contributed by atoms with Gasteiger partial charge in [0.1, 0.15) is 5.69 Å². The van der Waals surface area contributed by atoms with Crippen molar-refractivity contribution < 1.29 is 8.42 Å². The van der Waals surface area contributed by atoms with Crippen molar-refractivity contribution in [2.45, 2.75) is 6.92 Å². The van der Waals surface area contributed by atoms with Crippen molar-refractivity contribution in [2.24, 2.45) is 0 Å². The van der Waals surface area contributed by atoms with Crippen LogP contribution in [0.1, 0.15) is 6.92 Å². The normalized spacial score (nSPS) is 11.4. The van der Waals surface area contributed by atoms with Gasteiger partial charge in [0.2, 0.25) is 10.0 Å². The minimum Gasteiger partial charge on any atom is -0.280 e. The predicted molar refractivity (Wildman–Crippen MR) is 64.9 cm³/mol. The van der Waals surface area contributed by atoms with Crippen LogP contribution in [-0.4, -0.2) is 29.4 Å². The van der Waals surface area contributed by atoms with E-state index in [1.165, 1.54) is 6.20 Å². The van der Waals surface area contributed by atoms with Crippen LogP contribution < -0.4 is 4.72 Å². The van der Waals surface area contributed by atoms with Crippen molar-refractivity contribution in [3.05, 3.63) is 30.6 Å². The lowest BCUT2D eigenvalue weighted by Gasteiger charge is -2.05. The number of aromatic amines is 1. The second kappa shape index (κ2) is 4.54. The van der Waals surface area contributed by atoms with E-state index < -0.39 is 10.0 Å². The molecule has 0 amide bonds. The smallest absolute Gasteiger partial charge is 0.232 e. The van der Waals surface area contributed by atoms with E-state index in [0.29, 0.717) is 17.1 Å². The van der Waals surface area contributed by atoms with Gasteiger partial charge in [0.05, 0.1) is 23.3 Å². The van der Waals surface area contributed by atoms with E-state index in [1.54, 1.807) is 25.3 Å². The molecule has 0 aromatic carbocycles. The Kier molecular flexibility index (Phi) is 3.10. The highest BCUT2D eigenvalue weighted by molar-refractivity contribution is 7.92. The number of sulfonamides is 1. The molecule has 0 atom stereocenters. The molecule has 2 heterocycles. The number of anilines is 1. The summed E-state index contributed by atoms with van der Waals surface area (Å²) in [5.74, 6) is 0.0137. The Morgan fingerprint density at radius 3 is 2.88 bits per heavy atom. The molecule has 0 bridgehead atoms. The monoisotopic (exact) mass is 252 g/mol. The Bertz CT molecular complexity index is 592. The van der Waals surface area contributed by atoms with Gasteiger partial charge in [-0.05, 0) is 19.1 Å². The van der Waals surface area contributed by atoms with E-state index in [1.807, 2.05) is 6.07 Å². The highest BCUT2D eigenvalue weighted by atomic mass is 32.2. The van der Waals surface area contributed by atoms with Crippen molar-refractivity contribution in [1.29, 1.82) is 0 Å². The van der Waals surface area contributed by atoms with E-state index in [4.69, 9.17) is 0 Å². The van der Waals surface area contributed by atoms with E-state index in [-0.39, 0.29) is 5.75 Å². The van der Waals surface area contributed by atoms with Crippen LogP contribution in [0.2, 0.25) is 0 Å². The third-order valence-corrected chi connectivity index (χ3v) is 3.50. The molecule has 2 rings (SSSR count). The van der Waals surface area contributed by atoms with Crippen molar-refractivity contribution in [3.63, 3.8) is 0 Å². The average Bonchev–Trinajstić information content (AvgIpc) is 2.77. The first-order chi connectivity index (χ1) is 8.12. The van der Waals surface area contributed by atoms with Crippen LogP contribution in [0.15, 0.2) is 30.6 Å². The second-order valence-corrected chi connectivity index (χ2v) is 5.39. The van der Waals surface area contributed by atoms with Crippen LogP contribution >= 0.6 is 0 Å². The van der Waals surface area contributed by atoms with E-state index >= 15 is 0 Å². The number of rotatable bonds is 4. The first-order valence-corrected chi connectivity index (χ1v) is 6.73. The molecule has 0 aliphatic rings. The van der Waals surface area contributed by atoms with Crippen LogP contribution in [-0.2, 0) is 10.0 Å². The number of hydrogen-bond acceptors (Lipinski definition) is 4. The molecule has 0 aliphatic carbocycles. The zero-order chi connectivity index (χ0) is 12.3. The molecule has 7 heteroatoms. The van der Waals surface area contributed by atoms with Crippen molar-refractivity contribution in [3.8, 4) is 11.4 Å². The molecule has 0 spiro atoms. The summed E-state index contributed by atoms with van der Waals surface area (Å²) in [5.41, 5.74) is 1.60. The summed E-state index contributed by atoms with van der Waals surface area (Å²) < 4.78 is 25.4. The minimum absolute atomic E-state index is 0.0137. The molecule has 2 N–H and O–H groups in total. The lowest BCUT2D eigenvalue weighted by atomic mass is 10.2. The van der Waals surface area contributed by atoms with Crippen LogP contribution in [0.5, 0.6) is 0 Å². The summed E-state index contributed by atoms with van der Waals surface area (Å²) in [4.78, 5) is 4.13. The number of hydrogen-bond donors (Lipinski definition) is 2. The highest BCUT2D eigenvalue weighted by Gasteiger charge is 2.13. The fraction of sp³-hybridized carbons (Fsp3) is 0.200. The fourth-order valence-corrected chi connectivity index (χ4v) is 1.94. The molecular formula is C10H12N4O2S. The van der Waals surface area contributed by atoms with Gasteiger partial charge in [-0.3, -0.25) is 14.8 Å². The average molecular weight is 252 g/mol. The maximum atomic E-state index is 11.5. The molecule has 90 valence electrons. The van der Waals surface area contributed by atoms with Gasteiger partial charge in [-0.15, -0.1) is 0 Å². The Hall–Kier alpha value is -1.89. The fourth-order valence-electron chi connectivity index (χ4n) is 1.31. The Morgan fingerprint density at radius 1 is 1.41 bits per heavy atom. The molecule has 0 unspecified atom stereocenters. The highest BCUT2D eigenvalue weighted by Crippen LogP contribution is 2.23. The molecule has 2 aromatic heterocycles. The van der Waals surface area contributed by atoms with Crippen LogP contribution in [0.25, 0.3) is 11.4 Å². The van der Waals surface area contributed by atoms with Gasteiger partial charge in [0.15, 0.2) is 0 Å². The molecule has 0 aliphatic heterocycles. The van der Waals surface area contributed by atoms with Crippen LogP contribution in [0, 0.1) is 0 Å². The largest absolute Gasteiger partial charge is 0.280 e. The topological polar surface area (TPSA) is 87.7 Å². The van der Waals surface area contributed by atoms with Crippen molar-refractivity contribution in [1.82, 2.24) is 15.2 Å². The summed E-state index contributed by atoms with van der Waals surface area (Å²) in [6.45, 7) is 1.57. The maximum absolute atomic E-state index is 11.5. The van der Waals surface area contributed by atoms with Gasteiger partial charge in [0, 0.05) is 6.20 Å². The molecular weight excluding hydrogens is 240 g/mol. The molecule has 0 radical (unpaired) electrons. The number of pyridine rings is 1. The standard InChI is InChI=1S/C10H12N4O2S/c1-2-17(15,16)14-9-7-12-13-10(9)8-5-3-4-6-11-8/h3-7,14H,2H2,1H3,(H,12,13). The number of nitrogens with zero attached hydrogens (tertiary/aromatic N) is 2. The molecule has 2 aromatic rings. The number of H-pyrrole nitrogens is 1. The zero-order valence-corrected chi connectivity index (χ0v) is 10.0. The Balaban J connectivity index is 2.36. The quantitative estimate of drug-likeness (QED) is 0.856. The molecule has 6 nitrogen and oxygen atoms in total. The Labute approximate surface area is 99.1 Å². The molecule has 0 fully saturated rings. The van der Waals surface area contributed by atoms with Gasteiger partial charge in [0.25, 0.3) is 0 Å². The molecule has 0 saturated carbocycles.